The van der Waals surface area contributed by atoms with Crippen LogP contribution in [-0.4, -0.2) is 39.5 Å². The first-order valence-electron chi connectivity index (χ1n) is 7.95. The van der Waals surface area contributed by atoms with Crippen LogP contribution >= 0.6 is 0 Å². The van der Waals surface area contributed by atoms with Crippen molar-refractivity contribution in [3.05, 3.63) is 56.6 Å². The smallest absolute Gasteiger partial charge is 0.270 e. The van der Waals surface area contributed by atoms with Gasteiger partial charge in [0.25, 0.3) is 11.4 Å². The van der Waals surface area contributed by atoms with Gasteiger partial charge in [-0.1, -0.05) is 6.92 Å². The summed E-state index contributed by atoms with van der Waals surface area (Å²) in [6.45, 7) is 4.48. The summed E-state index contributed by atoms with van der Waals surface area (Å²) in [6.07, 6.45) is 0. The predicted octanol–water partition coefficient (Wildman–Crippen LogP) is 3.56. The Bertz CT molecular complexity index is 908. The molecule has 1 aromatic heterocycles. The molecule has 0 bridgehead atoms. The molecule has 8 nitrogen and oxygen atoms in total. The van der Waals surface area contributed by atoms with Crippen LogP contribution in [0.25, 0.3) is 21.8 Å². The maximum atomic E-state index is 11.1. The average molecular weight is 342 g/mol. The number of nitrogens with zero attached hydrogens (tertiary/aromatic N) is 4. The van der Waals surface area contributed by atoms with E-state index in [2.05, 4.69) is 16.4 Å². The van der Waals surface area contributed by atoms with Gasteiger partial charge in [0.15, 0.2) is 0 Å². The third kappa shape index (κ3) is 3.03. The highest BCUT2D eigenvalue weighted by Crippen LogP contribution is 2.33. The normalized spacial score (nSPS) is 11.5. The van der Waals surface area contributed by atoms with Gasteiger partial charge in [0.1, 0.15) is 0 Å². The zero-order valence-corrected chi connectivity index (χ0v) is 14.0. The number of non-ortho nitro benzene ring substituents is 2. The lowest BCUT2D eigenvalue weighted by Gasteiger charge is -2.15. The standard InChI is InChI=1S/C17H18N4O4/c1-3-18(2)8-9-19-16-6-4-12(20(22)23)10-14(16)15-11-13(21(24)25)5-7-17(15)19/h4-7,10-11H,3,8-9H2,1-2H3. The van der Waals surface area contributed by atoms with Gasteiger partial charge in [-0.15, -0.1) is 0 Å². The van der Waals surface area contributed by atoms with Crippen molar-refractivity contribution in [3.8, 4) is 0 Å². The Kier molecular flexibility index (Phi) is 4.37. The lowest BCUT2D eigenvalue weighted by molar-refractivity contribution is -0.385. The number of rotatable bonds is 6. The summed E-state index contributed by atoms with van der Waals surface area (Å²) in [6, 6.07) is 9.34. The van der Waals surface area contributed by atoms with Crippen molar-refractivity contribution >= 4 is 33.2 Å². The van der Waals surface area contributed by atoms with E-state index in [4.69, 9.17) is 0 Å². The molecule has 0 aliphatic heterocycles. The van der Waals surface area contributed by atoms with Crippen molar-refractivity contribution in [3.63, 3.8) is 0 Å². The summed E-state index contributed by atoms with van der Waals surface area (Å²) >= 11 is 0. The molecule has 2 aromatic carbocycles. The molecule has 8 heteroatoms. The minimum absolute atomic E-state index is 0.0243. The number of hydrogen-bond donors (Lipinski definition) is 0. The second-order valence-corrected chi connectivity index (χ2v) is 5.96. The molecule has 0 amide bonds. The molecule has 3 rings (SSSR count). The molecule has 0 fully saturated rings. The van der Waals surface area contributed by atoms with Crippen LogP contribution in [0.5, 0.6) is 0 Å². The predicted molar refractivity (Wildman–Crippen MR) is 95.9 cm³/mol. The summed E-state index contributed by atoms with van der Waals surface area (Å²) in [4.78, 5) is 23.5. The van der Waals surface area contributed by atoms with Gasteiger partial charge in [-0.3, -0.25) is 20.2 Å². The Morgan fingerprint density at radius 2 is 1.44 bits per heavy atom. The topological polar surface area (TPSA) is 94.5 Å². The van der Waals surface area contributed by atoms with Crippen molar-refractivity contribution in [2.24, 2.45) is 0 Å². The van der Waals surface area contributed by atoms with Crippen molar-refractivity contribution in [2.45, 2.75) is 13.5 Å². The van der Waals surface area contributed by atoms with Crippen LogP contribution in [-0.2, 0) is 6.54 Å². The van der Waals surface area contributed by atoms with Crippen LogP contribution in [0.4, 0.5) is 11.4 Å². The summed E-state index contributed by atoms with van der Waals surface area (Å²) in [5, 5.41) is 23.5. The van der Waals surface area contributed by atoms with E-state index in [1.54, 1.807) is 12.1 Å². The van der Waals surface area contributed by atoms with Crippen LogP contribution in [0.1, 0.15) is 6.92 Å². The third-order valence-corrected chi connectivity index (χ3v) is 4.50. The number of benzene rings is 2. The van der Waals surface area contributed by atoms with E-state index in [-0.39, 0.29) is 11.4 Å². The summed E-state index contributed by atoms with van der Waals surface area (Å²) < 4.78 is 2.06. The number of likely N-dealkylation sites (N-methyl/N-ethyl adjacent to an activating group) is 1. The van der Waals surface area contributed by atoms with Crippen LogP contribution < -0.4 is 0 Å². The number of aromatic nitrogens is 1. The Morgan fingerprint density at radius 1 is 0.960 bits per heavy atom. The molecular weight excluding hydrogens is 324 g/mol. The first-order chi connectivity index (χ1) is 11.9. The van der Waals surface area contributed by atoms with Crippen LogP contribution in [0.2, 0.25) is 0 Å². The van der Waals surface area contributed by atoms with Gasteiger partial charge in [-0.25, -0.2) is 0 Å². The fraction of sp³-hybridized carbons (Fsp3) is 0.294. The van der Waals surface area contributed by atoms with Gasteiger partial charge in [-0.2, -0.15) is 0 Å². The molecule has 0 saturated heterocycles. The van der Waals surface area contributed by atoms with Crippen molar-refractivity contribution in [1.29, 1.82) is 0 Å². The van der Waals surface area contributed by atoms with E-state index < -0.39 is 9.85 Å². The zero-order valence-electron chi connectivity index (χ0n) is 14.0. The molecule has 1 heterocycles. The highest BCUT2D eigenvalue weighted by atomic mass is 16.6. The van der Waals surface area contributed by atoms with Gasteiger partial charge >= 0.3 is 0 Å². The molecule has 0 N–H and O–H groups in total. The van der Waals surface area contributed by atoms with E-state index in [0.717, 1.165) is 24.1 Å². The lowest BCUT2D eigenvalue weighted by atomic mass is 10.1. The fourth-order valence-corrected chi connectivity index (χ4v) is 2.98. The highest BCUT2D eigenvalue weighted by molar-refractivity contribution is 6.09. The Morgan fingerprint density at radius 3 is 1.84 bits per heavy atom. The number of hydrogen-bond acceptors (Lipinski definition) is 5. The van der Waals surface area contributed by atoms with Crippen LogP contribution in [0.3, 0.4) is 0 Å². The number of fused-ring (bicyclic) bond motifs is 3. The molecule has 130 valence electrons. The summed E-state index contributed by atoms with van der Waals surface area (Å²) in [5.41, 5.74) is 1.63. The average Bonchev–Trinajstić information content (AvgIpc) is 2.91. The molecule has 0 aliphatic rings. The quantitative estimate of drug-likeness (QED) is 0.504. The van der Waals surface area contributed by atoms with Crippen molar-refractivity contribution < 1.29 is 9.85 Å². The van der Waals surface area contributed by atoms with E-state index >= 15 is 0 Å². The molecular formula is C17H18N4O4. The highest BCUT2D eigenvalue weighted by Gasteiger charge is 2.17. The second kappa shape index (κ2) is 6.48. The van der Waals surface area contributed by atoms with Gasteiger partial charge in [0.05, 0.1) is 9.85 Å². The number of nitro benzene ring substituents is 2. The van der Waals surface area contributed by atoms with Crippen LogP contribution in [0.15, 0.2) is 36.4 Å². The lowest BCUT2D eigenvalue weighted by Crippen LogP contribution is -2.22. The van der Waals surface area contributed by atoms with E-state index in [1.165, 1.54) is 24.3 Å². The van der Waals surface area contributed by atoms with Gasteiger partial charge in [0.2, 0.25) is 0 Å². The molecule has 0 unspecified atom stereocenters. The molecule has 0 spiro atoms. The fourth-order valence-electron chi connectivity index (χ4n) is 2.98. The first kappa shape index (κ1) is 16.8. The summed E-state index contributed by atoms with van der Waals surface area (Å²) in [7, 11) is 2.02. The monoisotopic (exact) mass is 342 g/mol. The molecule has 25 heavy (non-hydrogen) atoms. The molecule has 0 atom stereocenters. The maximum absolute atomic E-state index is 11.1. The SMILES string of the molecule is CCN(C)CCn1c2ccc([N+](=O)[O-])cc2c2cc([N+](=O)[O-])ccc21. The van der Waals surface area contributed by atoms with Crippen LogP contribution in [0, 0.1) is 20.2 Å². The third-order valence-electron chi connectivity index (χ3n) is 4.50. The first-order valence-corrected chi connectivity index (χ1v) is 7.95. The minimum Gasteiger partial charge on any atom is -0.339 e. The summed E-state index contributed by atoms with van der Waals surface area (Å²) in [5.74, 6) is 0. The maximum Gasteiger partial charge on any atom is 0.270 e. The second-order valence-electron chi connectivity index (χ2n) is 5.96. The van der Waals surface area contributed by atoms with Crippen molar-refractivity contribution in [1.82, 2.24) is 9.47 Å². The Balaban J connectivity index is 2.25. The van der Waals surface area contributed by atoms with E-state index in [0.29, 0.717) is 17.3 Å². The van der Waals surface area contributed by atoms with E-state index in [9.17, 15) is 20.2 Å². The minimum atomic E-state index is -0.454. The molecule has 0 radical (unpaired) electrons. The molecule has 0 aliphatic carbocycles. The number of nitro groups is 2. The van der Waals surface area contributed by atoms with Gasteiger partial charge in [0, 0.05) is 59.2 Å². The van der Waals surface area contributed by atoms with Crippen molar-refractivity contribution in [2.75, 3.05) is 20.1 Å². The molecule has 3 aromatic rings. The van der Waals surface area contributed by atoms with E-state index in [1.807, 2.05) is 7.05 Å². The van der Waals surface area contributed by atoms with Gasteiger partial charge < -0.3 is 9.47 Å². The Hall–Kier alpha value is -3.00. The Labute approximate surface area is 143 Å². The van der Waals surface area contributed by atoms with Gasteiger partial charge in [-0.05, 0) is 25.7 Å². The zero-order chi connectivity index (χ0) is 18.1. The molecule has 0 saturated carbocycles. The largest absolute Gasteiger partial charge is 0.339 e.